The molecule has 1 fully saturated rings. The average molecular weight is 298 g/mol. The topological polar surface area (TPSA) is 70.5 Å². The summed E-state index contributed by atoms with van der Waals surface area (Å²) in [5.74, 6) is 1.46. The highest BCUT2D eigenvalue weighted by molar-refractivity contribution is 5.54. The molecule has 0 bridgehead atoms. The highest BCUT2D eigenvalue weighted by Gasteiger charge is 2.31. The van der Waals surface area contributed by atoms with Crippen LogP contribution in [0.4, 0.5) is 11.4 Å². The van der Waals surface area contributed by atoms with Crippen molar-refractivity contribution in [2.75, 3.05) is 11.5 Å². The fourth-order valence-electron chi connectivity index (χ4n) is 2.82. The molecule has 0 aromatic heterocycles. The van der Waals surface area contributed by atoms with E-state index in [1.165, 1.54) is 0 Å². The number of hydrogen-bond acceptors (Lipinski definition) is 4. The lowest BCUT2D eigenvalue weighted by Crippen LogP contribution is -2.31. The van der Waals surface area contributed by atoms with Crippen molar-refractivity contribution in [2.45, 2.75) is 38.4 Å². The molecule has 4 nitrogen and oxygen atoms in total. The Kier molecular flexibility index (Phi) is 4.09. The summed E-state index contributed by atoms with van der Waals surface area (Å²) in [4.78, 5) is 0. The second-order valence-corrected chi connectivity index (χ2v) is 5.82. The van der Waals surface area contributed by atoms with Gasteiger partial charge in [0.15, 0.2) is 0 Å². The molecule has 1 aliphatic carbocycles. The molecule has 0 unspecified atom stereocenters. The van der Waals surface area contributed by atoms with E-state index in [1.54, 1.807) is 0 Å². The van der Waals surface area contributed by atoms with E-state index < -0.39 is 0 Å². The summed E-state index contributed by atoms with van der Waals surface area (Å²) in [7, 11) is 0. The molecular formula is C18H22N2O2. The number of para-hydroxylation sites is 2. The summed E-state index contributed by atoms with van der Waals surface area (Å²) in [6.45, 7) is 2.03. The van der Waals surface area contributed by atoms with Gasteiger partial charge in [-0.3, -0.25) is 0 Å². The zero-order chi connectivity index (χ0) is 15.5. The molecule has 0 amide bonds. The molecule has 4 heteroatoms. The Morgan fingerprint density at radius 2 is 1.50 bits per heavy atom. The van der Waals surface area contributed by atoms with Crippen molar-refractivity contribution in [1.29, 1.82) is 0 Å². The number of ether oxygens (including phenoxy) is 2. The van der Waals surface area contributed by atoms with Gasteiger partial charge in [-0.1, -0.05) is 18.2 Å². The Hall–Kier alpha value is -2.36. The number of anilines is 2. The predicted octanol–water partition coefficient (Wildman–Crippen LogP) is 3.54. The maximum absolute atomic E-state index is 6.12. The van der Waals surface area contributed by atoms with E-state index in [-0.39, 0.29) is 12.2 Å². The SMILES string of the molecule is Cc1ccc(N)c(O[C@H]2CCC[C@H]2Oc2ccccc2N)c1. The number of hydrogen-bond donors (Lipinski definition) is 2. The lowest BCUT2D eigenvalue weighted by molar-refractivity contribution is 0.0790. The molecule has 22 heavy (non-hydrogen) atoms. The van der Waals surface area contributed by atoms with Gasteiger partial charge in [-0.2, -0.15) is 0 Å². The fraction of sp³-hybridized carbons (Fsp3) is 0.333. The third-order valence-electron chi connectivity index (χ3n) is 4.04. The normalized spacial score (nSPS) is 20.8. The monoisotopic (exact) mass is 298 g/mol. The van der Waals surface area contributed by atoms with Crippen molar-refractivity contribution >= 4 is 11.4 Å². The van der Waals surface area contributed by atoms with Crippen molar-refractivity contribution in [3.63, 3.8) is 0 Å². The Morgan fingerprint density at radius 1 is 0.864 bits per heavy atom. The first-order chi connectivity index (χ1) is 10.6. The zero-order valence-electron chi connectivity index (χ0n) is 12.8. The molecule has 0 aliphatic heterocycles. The third-order valence-corrected chi connectivity index (χ3v) is 4.04. The minimum atomic E-state index is 0.00343. The Bertz CT molecular complexity index is 657. The summed E-state index contributed by atoms with van der Waals surface area (Å²) in [5.41, 5.74) is 14.4. The van der Waals surface area contributed by atoms with E-state index in [1.807, 2.05) is 49.4 Å². The number of rotatable bonds is 4. The van der Waals surface area contributed by atoms with E-state index in [0.717, 1.165) is 36.3 Å². The van der Waals surface area contributed by atoms with Crippen LogP contribution in [0, 0.1) is 6.92 Å². The fourth-order valence-corrected chi connectivity index (χ4v) is 2.82. The van der Waals surface area contributed by atoms with Gasteiger partial charge >= 0.3 is 0 Å². The van der Waals surface area contributed by atoms with Crippen molar-refractivity contribution < 1.29 is 9.47 Å². The molecular weight excluding hydrogens is 276 g/mol. The molecule has 3 rings (SSSR count). The van der Waals surface area contributed by atoms with Crippen LogP contribution in [0.5, 0.6) is 11.5 Å². The Balaban J connectivity index is 1.73. The van der Waals surface area contributed by atoms with E-state index in [0.29, 0.717) is 11.4 Å². The molecule has 0 heterocycles. The summed E-state index contributed by atoms with van der Waals surface area (Å²) in [6.07, 6.45) is 3.01. The molecule has 0 radical (unpaired) electrons. The lowest BCUT2D eigenvalue weighted by Gasteiger charge is -2.24. The minimum absolute atomic E-state index is 0.00343. The lowest BCUT2D eigenvalue weighted by atomic mass is 10.2. The average Bonchev–Trinajstić information content (AvgIpc) is 2.92. The summed E-state index contributed by atoms with van der Waals surface area (Å²) in [6, 6.07) is 13.4. The third kappa shape index (κ3) is 3.11. The van der Waals surface area contributed by atoms with Gasteiger partial charge in [0, 0.05) is 0 Å². The molecule has 0 spiro atoms. The van der Waals surface area contributed by atoms with Crippen LogP contribution >= 0.6 is 0 Å². The molecule has 0 saturated heterocycles. The van der Waals surface area contributed by atoms with E-state index >= 15 is 0 Å². The van der Waals surface area contributed by atoms with Gasteiger partial charge in [-0.25, -0.2) is 0 Å². The quantitative estimate of drug-likeness (QED) is 0.847. The second kappa shape index (κ2) is 6.18. The van der Waals surface area contributed by atoms with Crippen LogP contribution < -0.4 is 20.9 Å². The molecule has 2 atom stereocenters. The van der Waals surface area contributed by atoms with Crippen LogP contribution in [0.15, 0.2) is 42.5 Å². The largest absolute Gasteiger partial charge is 0.484 e. The molecule has 116 valence electrons. The summed E-state index contributed by atoms with van der Waals surface area (Å²) in [5, 5.41) is 0. The standard InChI is InChI=1S/C18H22N2O2/c1-12-9-10-14(20)18(11-12)22-17-8-4-7-16(17)21-15-6-3-2-5-13(15)19/h2-3,5-6,9-11,16-17H,4,7-8,19-20H2,1H3/t16-,17+/m1/s1. The van der Waals surface area contributed by atoms with Gasteiger partial charge in [0.25, 0.3) is 0 Å². The zero-order valence-corrected chi connectivity index (χ0v) is 12.8. The highest BCUT2D eigenvalue weighted by Crippen LogP contribution is 2.32. The predicted molar refractivity (Wildman–Crippen MR) is 89.1 cm³/mol. The van der Waals surface area contributed by atoms with Gasteiger partial charge in [0.2, 0.25) is 0 Å². The maximum atomic E-state index is 6.12. The van der Waals surface area contributed by atoms with Crippen molar-refractivity contribution in [3.05, 3.63) is 48.0 Å². The van der Waals surface area contributed by atoms with Crippen molar-refractivity contribution in [3.8, 4) is 11.5 Å². The second-order valence-electron chi connectivity index (χ2n) is 5.82. The van der Waals surface area contributed by atoms with E-state index in [9.17, 15) is 0 Å². The smallest absolute Gasteiger partial charge is 0.143 e. The van der Waals surface area contributed by atoms with Crippen LogP contribution in [0.1, 0.15) is 24.8 Å². The molecule has 2 aromatic carbocycles. The van der Waals surface area contributed by atoms with Gasteiger partial charge in [-0.15, -0.1) is 0 Å². The van der Waals surface area contributed by atoms with Crippen LogP contribution in [-0.4, -0.2) is 12.2 Å². The number of nitrogen functional groups attached to an aromatic ring is 2. The molecule has 2 aromatic rings. The van der Waals surface area contributed by atoms with Gasteiger partial charge in [0.1, 0.15) is 23.7 Å². The van der Waals surface area contributed by atoms with Gasteiger partial charge < -0.3 is 20.9 Å². The van der Waals surface area contributed by atoms with Gasteiger partial charge in [0.05, 0.1) is 11.4 Å². The summed E-state index contributed by atoms with van der Waals surface area (Å²) < 4.78 is 12.2. The highest BCUT2D eigenvalue weighted by atomic mass is 16.5. The summed E-state index contributed by atoms with van der Waals surface area (Å²) >= 11 is 0. The number of nitrogens with two attached hydrogens (primary N) is 2. The molecule has 1 aliphatic rings. The van der Waals surface area contributed by atoms with Crippen LogP contribution in [0.2, 0.25) is 0 Å². The minimum Gasteiger partial charge on any atom is -0.484 e. The van der Waals surface area contributed by atoms with Gasteiger partial charge in [-0.05, 0) is 56.0 Å². The number of aryl methyl sites for hydroxylation is 1. The van der Waals surface area contributed by atoms with Crippen molar-refractivity contribution in [2.24, 2.45) is 0 Å². The van der Waals surface area contributed by atoms with Crippen LogP contribution in [0.25, 0.3) is 0 Å². The van der Waals surface area contributed by atoms with E-state index in [4.69, 9.17) is 20.9 Å². The Morgan fingerprint density at radius 3 is 2.23 bits per heavy atom. The maximum Gasteiger partial charge on any atom is 0.143 e. The molecule has 4 N–H and O–H groups in total. The number of benzene rings is 2. The first-order valence-electron chi connectivity index (χ1n) is 7.67. The van der Waals surface area contributed by atoms with Crippen molar-refractivity contribution in [1.82, 2.24) is 0 Å². The van der Waals surface area contributed by atoms with Crippen LogP contribution in [-0.2, 0) is 0 Å². The first-order valence-corrected chi connectivity index (χ1v) is 7.67. The van der Waals surface area contributed by atoms with Crippen LogP contribution in [0.3, 0.4) is 0 Å². The Labute approximate surface area is 131 Å². The van der Waals surface area contributed by atoms with E-state index in [2.05, 4.69) is 0 Å². The first kappa shape index (κ1) is 14.6. The molecule has 1 saturated carbocycles.